The number of hydrogen-bond donors (Lipinski definition) is 2. The predicted octanol–water partition coefficient (Wildman–Crippen LogP) is 3.09. The van der Waals surface area contributed by atoms with Gasteiger partial charge in [0.05, 0.1) is 17.9 Å². The van der Waals surface area contributed by atoms with E-state index in [2.05, 4.69) is 14.7 Å². The van der Waals surface area contributed by atoms with E-state index in [1.165, 1.54) is 12.1 Å². The van der Waals surface area contributed by atoms with Crippen molar-refractivity contribution >= 4 is 0 Å². The van der Waals surface area contributed by atoms with Gasteiger partial charge in [-0.25, -0.2) is 4.98 Å². The van der Waals surface area contributed by atoms with Gasteiger partial charge < -0.3 is 15.5 Å². The molecule has 6 heteroatoms. The molecule has 0 aliphatic rings. The second kappa shape index (κ2) is 5.79. The fraction of sp³-hybridized carbons (Fsp3) is 0.308. The Morgan fingerprint density at radius 1 is 1.32 bits per heavy atom. The fourth-order valence-corrected chi connectivity index (χ4v) is 1.68. The molecule has 1 heterocycles. The summed E-state index contributed by atoms with van der Waals surface area (Å²) in [6.45, 7) is -0.837. The summed E-state index contributed by atoms with van der Waals surface area (Å²) in [5.74, 6) is 0.842. The van der Waals surface area contributed by atoms with Crippen molar-refractivity contribution in [1.82, 2.24) is 9.97 Å². The molecule has 1 aromatic heterocycles. The number of aromatic amines is 1. The Kier molecular flexibility index (Phi) is 4.11. The third-order valence-electron chi connectivity index (χ3n) is 2.78. The number of alkyl halides is 2. The number of aromatic nitrogens is 2. The molecule has 0 saturated carbocycles. The fourth-order valence-electron chi connectivity index (χ4n) is 1.68. The molecular weight excluding hydrogens is 252 g/mol. The third-order valence-corrected chi connectivity index (χ3v) is 2.78. The number of H-pyrrole nitrogens is 1. The first kappa shape index (κ1) is 13.5. The van der Waals surface area contributed by atoms with Gasteiger partial charge in [0.2, 0.25) is 0 Å². The first-order valence-electron chi connectivity index (χ1n) is 5.96. The van der Waals surface area contributed by atoms with Crippen molar-refractivity contribution in [2.24, 2.45) is 5.73 Å². The summed E-state index contributed by atoms with van der Waals surface area (Å²) >= 11 is 0. The Morgan fingerprint density at radius 3 is 2.58 bits per heavy atom. The minimum atomic E-state index is -2.81. The van der Waals surface area contributed by atoms with Gasteiger partial charge in [0.25, 0.3) is 0 Å². The van der Waals surface area contributed by atoms with Crippen LogP contribution in [0.25, 0.3) is 11.3 Å². The van der Waals surface area contributed by atoms with Crippen LogP contribution in [0.3, 0.4) is 0 Å². The van der Waals surface area contributed by atoms with E-state index in [0.717, 1.165) is 17.7 Å². The molecule has 0 radical (unpaired) electrons. The van der Waals surface area contributed by atoms with Crippen molar-refractivity contribution < 1.29 is 13.5 Å². The van der Waals surface area contributed by atoms with Crippen molar-refractivity contribution in [2.75, 3.05) is 0 Å². The SMILES string of the molecule is CCC(N)c1ncc(-c2ccc(OC(F)F)cc2)[nH]1. The first-order valence-corrected chi connectivity index (χ1v) is 5.96. The van der Waals surface area contributed by atoms with Crippen LogP contribution in [-0.2, 0) is 0 Å². The average molecular weight is 267 g/mol. The molecule has 0 amide bonds. The zero-order valence-electron chi connectivity index (χ0n) is 10.4. The van der Waals surface area contributed by atoms with E-state index in [1.54, 1.807) is 18.3 Å². The van der Waals surface area contributed by atoms with Crippen LogP contribution >= 0.6 is 0 Å². The van der Waals surface area contributed by atoms with Gasteiger partial charge in [-0.2, -0.15) is 8.78 Å². The normalized spacial score (nSPS) is 12.7. The lowest BCUT2D eigenvalue weighted by atomic mass is 10.1. The molecule has 19 heavy (non-hydrogen) atoms. The monoisotopic (exact) mass is 267 g/mol. The van der Waals surface area contributed by atoms with Gasteiger partial charge in [0.15, 0.2) is 0 Å². The predicted molar refractivity (Wildman–Crippen MR) is 67.9 cm³/mol. The maximum absolute atomic E-state index is 12.0. The number of rotatable bonds is 5. The van der Waals surface area contributed by atoms with Crippen LogP contribution in [0.4, 0.5) is 8.78 Å². The highest BCUT2D eigenvalue weighted by molar-refractivity contribution is 5.59. The summed E-state index contributed by atoms with van der Waals surface area (Å²) in [5, 5.41) is 0. The Bertz CT molecular complexity index is 525. The molecule has 2 aromatic rings. The van der Waals surface area contributed by atoms with Crippen molar-refractivity contribution in [1.29, 1.82) is 0 Å². The second-order valence-electron chi connectivity index (χ2n) is 4.10. The molecule has 0 spiro atoms. The number of halogens is 2. The van der Waals surface area contributed by atoms with Crippen LogP contribution < -0.4 is 10.5 Å². The van der Waals surface area contributed by atoms with Crippen molar-refractivity contribution in [3.63, 3.8) is 0 Å². The van der Waals surface area contributed by atoms with E-state index in [1.807, 2.05) is 6.92 Å². The topological polar surface area (TPSA) is 63.9 Å². The molecule has 0 fully saturated rings. The molecule has 4 nitrogen and oxygen atoms in total. The van der Waals surface area contributed by atoms with E-state index < -0.39 is 6.61 Å². The number of hydrogen-bond acceptors (Lipinski definition) is 3. The van der Waals surface area contributed by atoms with Gasteiger partial charge in [-0.1, -0.05) is 6.92 Å². The van der Waals surface area contributed by atoms with Gasteiger partial charge in [0.1, 0.15) is 11.6 Å². The standard InChI is InChI=1S/C13H15F2N3O/c1-2-10(16)12-17-7-11(18-12)8-3-5-9(6-4-8)19-13(14)15/h3-7,10,13H,2,16H2,1H3,(H,17,18). The Balaban J connectivity index is 2.15. The van der Waals surface area contributed by atoms with Crippen LogP contribution in [0.15, 0.2) is 30.5 Å². The molecule has 0 saturated heterocycles. The number of imidazole rings is 1. The minimum absolute atomic E-state index is 0.128. The highest BCUT2D eigenvalue weighted by atomic mass is 19.3. The van der Waals surface area contributed by atoms with E-state index in [9.17, 15) is 8.78 Å². The largest absolute Gasteiger partial charge is 0.435 e. The summed E-state index contributed by atoms with van der Waals surface area (Å²) in [4.78, 5) is 7.32. The minimum Gasteiger partial charge on any atom is -0.435 e. The summed E-state index contributed by atoms with van der Waals surface area (Å²) < 4.78 is 28.3. The lowest BCUT2D eigenvalue weighted by molar-refractivity contribution is -0.0498. The number of nitrogens with zero attached hydrogens (tertiary/aromatic N) is 1. The molecule has 0 aliphatic heterocycles. The Morgan fingerprint density at radius 2 is 2.00 bits per heavy atom. The lowest BCUT2D eigenvalue weighted by Crippen LogP contribution is -2.10. The number of nitrogens with two attached hydrogens (primary N) is 1. The van der Waals surface area contributed by atoms with Crippen LogP contribution in [0.1, 0.15) is 25.2 Å². The van der Waals surface area contributed by atoms with Crippen LogP contribution in [-0.4, -0.2) is 16.6 Å². The molecule has 0 aliphatic carbocycles. The molecule has 1 aromatic carbocycles. The van der Waals surface area contributed by atoms with Gasteiger partial charge in [-0.3, -0.25) is 0 Å². The summed E-state index contributed by atoms with van der Waals surface area (Å²) in [6, 6.07) is 6.22. The third kappa shape index (κ3) is 3.29. The van der Waals surface area contributed by atoms with Crippen LogP contribution in [0, 0.1) is 0 Å². The number of benzene rings is 1. The summed E-state index contributed by atoms with van der Waals surface area (Å²) in [5.41, 5.74) is 7.50. The van der Waals surface area contributed by atoms with Crippen LogP contribution in [0.2, 0.25) is 0 Å². The lowest BCUT2D eigenvalue weighted by Gasteiger charge is -2.05. The maximum atomic E-state index is 12.0. The highest BCUT2D eigenvalue weighted by Gasteiger charge is 2.09. The van der Waals surface area contributed by atoms with Crippen molar-refractivity contribution in [2.45, 2.75) is 26.0 Å². The zero-order valence-corrected chi connectivity index (χ0v) is 10.4. The van der Waals surface area contributed by atoms with Gasteiger partial charge in [-0.15, -0.1) is 0 Å². The number of nitrogens with one attached hydrogen (secondary N) is 1. The molecule has 0 bridgehead atoms. The molecular formula is C13H15F2N3O. The summed E-state index contributed by atoms with van der Waals surface area (Å²) in [7, 11) is 0. The second-order valence-corrected chi connectivity index (χ2v) is 4.10. The van der Waals surface area contributed by atoms with Crippen LogP contribution in [0.5, 0.6) is 5.75 Å². The maximum Gasteiger partial charge on any atom is 0.387 e. The Labute approximate surface area is 109 Å². The Hall–Kier alpha value is -1.95. The average Bonchev–Trinajstić information content (AvgIpc) is 2.87. The van der Waals surface area contributed by atoms with Gasteiger partial charge in [0, 0.05) is 0 Å². The smallest absolute Gasteiger partial charge is 0.387 e. The number of ether oxygens (including phenoxy) is 1. The van der Waals surface area contributed by atoms with Gasteiger partial charge in [-0.05, 0) is 36.2 Å². The molecule has 1 unspecified atom stereocenters. The summed E-state index contributed by atoms with van der Waals surface area (Å²) in [6.07, 6.45) is 2.46. The molecule has 2 rings (SSSR count). The zero-order chi connectivity index (χ0) is 13.8. The molecule has 3 N–H and O–H groups in total. The molecule has 102 valence electrons. The van der Waals surface area contributed by atoms with Crippen molar-refractivity contribution in [3.05, 3.63) is 36.3 Å². The van der Waals surface area contributed by atoms with E-state index in [-0.39, 0.29) is 11.8 Å². The van der Waals surface area contributed by atoms with Gasteiger partial charge >= 0.3 is 6.61 Å². The quantitative estimate of drug-likeness (QED) is 0.875. The van der Waals surface area contributed by atoms with Crippen molar-refractivity contribution in [3.8, 4) is 17.0 Å². The van der Waals surface area contributed by atoms with E-state index >= 15 is 0 Å². The van der Waals surface area contributed by atoms with E-state index in [0.29, 0.717) is 5.82 Å². The molecule has 1 atom stereocenters. The highest BCUT2D eigenvalue weighted by Crippen LogP contribution is 2.23. The first-order chi connectivity index (χ1) is 9.10. The van der Waals surface area contributed by atoms with E-state index in [4.69, 9.17) is 5.73 Å².